The summed E-state index contributed by atoms with van der Waals surface area (Å²) in [7, 11) is 0. The van der Waals surface area contributed by atoms with Gasteiger partial charge in [-0.2, -0.15) is 0 Å². The molecule has 0 aromatic heterocycles. The molecule has 131 valence electrons. The average Bonchev–Trinajstić information content (AvgIpc) is 2.52. The molecule has 1 unspecified atom stereocenters. The molecule has 2 heteroatoms. The van der Waals surface area contributed by atoms with Crippen LogP contribution >= 0.6 is 0 Å². The van der Waals surface area contributed by atoms with Crippen LogP contribution in [0.25, 0.3) is 0 Å². The van der Waals surface area contributed by atoms with E-state index in [1.807, 2.05) is 6.92 Å². The van der Waals surface area contributed by atoms with Gasteiger partial charge in [0.15, 0.2) is 5.78 Å². The minimum absolute atomic E-state index is 0.000254. The monoisotopic (exact) mass is 311 g/mol. The molecule has 0 fully saturated rings. The minimum Gasteiger partial charge on any atom is -0.382 e. The summed E-state index contributed by atoms with van der Waals surface area (Å²) in [5, 5.41) is 10.2. The van der Waals surface area contributed by atoms with Crippen LogP contribution < -0.4 is 0 Å². The second-order valence-electron chi connectivity index (χ2n) is 6.74. The SMILES string of the molecule is [CH2]CC(O)(CCC)C(=O)CCCCCCCCCCCCC. The van der Waals surface area contributed by atoms with Crippen molar-refractivity contribution >= 4 is 5.78 Å². The first-order chi connectivity index (χ1) is 10.6. The first kappa shape index (κ1) is 21.6. The lowest BCUT2D eigenvalue weighted by Gasteiger charge is -2.24. The van der Waals surface area contributed by atoms with E-state index in [1.165, 1.54) is 57.8 Å². The molecule has 0 amide bonds. The Kier molecular flexibility index (Phi) is 14.0. The third-order valence-electron chi connectivity index (χ3n) is 4.60. The molecule has 2 nitrogen and oxygen atoms in total. The molecule has 22 heavy (non-hydrogen) atoms. The van der Waals surface area contributed by atoms with Crippen molar-refractivity contribution in [2.24, 2.45) is 0 Å². The van der Waals surface area contributed by atoms with Crippen molar-refractivity contribution in [3.63, 3.8) is 0 Å². The lowest BCUT2D eigenvalue weighted by molar-refractivity contribution is -0.138. The summed E-state index contributed by atoms with van der Waals surface area (Å²) in [4.78, 5) is 12.1. The molecule has 1 radical (unpaired) electrons. The Morgan fingerprint density at radius 1 is 0.818 bits per heavy atom. The molecule has 0 bridgehead atoms. The third-order valence-corrected chi connectivity index (χ3v) is 4.60. The molecule has 0 spiro atoms. The second kappa shape index (κ2) is 14.2. The largest absolute Gasteiger partial charge is 0.382 e. The van der Waals surface area contributed by atoms with Crippen molar-refractivity contribution in [2.45, 2.75) is 116 Å². The summed E-state index contributed by atoms with van der Waals surface area (Å²) in [6.07, 6.45) is 16.3. The van der Waals surface area contributed by atoms with Crippen LogP contribution in [0.15, 0.2) is 0 Å². The zero-order chi connectivity index (χ0) is 16.7. The van der Waals surface area contributed by atoms with E-state index >= 15 is 0 Å². The van der Waals surface area contributed by atoms with E-state index in [0.717, 1.165) is 19.3 Å². The number of ketones is 1. The molecule has 0 aliphatic rings. The highest BCUT2D eigenvalue weighted by molar-refractivity contribution is 5.87. The Balaban J connectivity index is 3.47. The quantitative estimate of drug-likeness (QED) is 0.354. The predicted molar refractivity (Wildman–Crippen MR) is 95.9 cm³/mol. The lowest BCUT2D eigenvalue weighted by Crippen LogP contribution is -2.37. The van der Waals surface area contributed by atoms with Crippen molar-refractivity contribution < 1.29 is 9.90 Å². The molecule has 0 aliphatic heterocycles. The van der Waals surface area contributed by atoms with Gasteiger partial charge in [-0.1, -0.05) is 84.5 Å². The molecule has 1 atom stereocenters. The number of carbonyl (C=O) groups is 1. The fraction of sp³-hybridized carbons (Fsp3) is 0.900. The zero-order valence-corrected chi connectivity index (χ0v) is 15.2. The Bertz CT molecular complexity index is 262. The van der Waals surface area contributed by atoms with Gasteiger partial charge in [-0.3, -0.25) is 4.79 Å². The molecule has 0 saturated heterocycles. The van der Waals surface area contributed by atoms with E-state index in [4.69, 9.17) is 0 Å². The van der Waals surface area contributed by atoms with Gasteiger partial charge in [0, 0.05) is 6.42 Å². The molecular formula is C20H39O2. The van der Waals surface area contributed by atoms with Crippen LogP contribution in [0.3, 0.4) is 0 Å². The van der Waals surface area contributed by atoms with Crippen LogP contribution in [0, 0.1) is 6.92 Å². The number of hydrogen-bond acceptors (Lipinski definition) is 2. The van der Waals surface area contributed by atoms with Gasteiger partial charge in [0.05, 0.1) is 0 Å². The Morgan fingerprint density at radius 2 is 1.27 bits per heavy atom. The van der Waals surface area contributed by atoms with Gasteiger partial charge in [-0.15, -0.1) is 0 Å². The summed E-state index contributed by atoms with van der Waals surface area (Å²) < 4.78 is 0. The summed E-state index contributed by atoms with van der Waals surface area (Å²) in [5.41, 5.74) is -1.16. The molecule has 0 aliphatic carbocycles. The van der Waals surface area contributed by atoms with Crippen LogP contribution in [-0.2, 0) is 4.79 Å². The maximum atomic E-state index is 12.1. The Labute approximate surface area is 139 Å². The maximum Gasteiger partial charge on any atom is 0.164 e. The number of carbonyl (C=O) groups excluding carboxylic acids is 1. The van der Waals surface area contributed by atoms with Gasteiger partial charge >= 0.3 is 0 Å². The fourth-order valence-electron chi connectivity index (χ4n) is 3.00. The van der Waals surface area contributed by atoms with E-state index in [0.29, 0.717) is 19.3 Å². The van der Waals surface area contributed by atoms with Gasteiger partial charge in [-0.25, -0.2) is 0 Å². The van der Waals surface area contributed by atoms with Gasteiger partial charge in [0.25, 0.3) is 0 Å². The van der Waals surface area contributed by atoms with E-state index in [2.05, 4.69) is 13.8 Å². The first-order valence-corrected chi connectivity index (χ1v) is 9.65. The predicted octanol–water partition coefficient (Wildman–Crippen LogP) is 6.01. The number of unbranched alkanes of at least 4 members (excludes halogenated alkanes) is 10. The number of hydrogen-bond donors (Lipinski definition) is 1. The number of Topliss-reactive ketones (excluding diaryl/α,β-unsaturated/α-hetero) is 1. The van der Waals surface area contributed by atoms with Crippen LogP contribution in [0.1, 0.15) is 110 Å². The van der Waals surface area contributed by atoms with Crippen molar-refractivity contribution in [1.29, 1.82) is 0 Å². The van der Waals surface area contributed by atoms with Gasteiger partial charge in [-0.05, 0) is 26.2 Å². The first-order valence-electron chi connectivity index (χ1n) is 9.65. The number of rotatable bonds is 16. The zero-order valence-electron chi connectivity index (χ0n) is 15.2. The van der Waals surface area contributed by atoms with Crippen LogP contribution in [-0.4, -0.2) is 16.5 Å². The standard InChI is InChI=1S/C20H39O2/c1-4-7-8-9-10-11-12-13-14-15-16-17-19(21)20(22,6-3)18-5-2/h22H,3-18H2,1-2H3. The average molecular weight is 312 g/mol. The van der Waals surface area contributed by atoms with E-state index in [1.54, 1.807) is 0 Å². The van der Waals surface area contributed by atoms with Gasteiger partial charge < -0.3 is 5.11 Å². The van der Waals surface area contributed by atoms with Crippen LogP contribution in [0.4, 0.5) is 0 Å². The third kappa shape index (κ3) is 10.4. The highest BCUT2D eigenvalue weighted by Crippen LogP contribution is 2.21. The van der Waals surface area contributed by atoms with Crippen molar-refractivity contribution in [1.82, 2.24) is 0 Å². The van der Waals surface area contributed by atoms with Gasteiger partial charge in [0.2, 0.25) is 0 Å². The molecule has 0 rings (SSSR count). The summed E-state index contributed by atoms with van der Waals surface area (Å²) in [6.45, 7) is 7.98. The van der Waals surface area contributed by atoms with Crippen LogP contribution in [0.2, 0.25) is 0 Å². The van der Waals surface area contributed by atoms with Crippen molar-refractivity contribution in [2.75, 3.05) is 0 Å². The summed E-state index contributed by atoms with van der Waals surface area (Å²) in [6, 6.07) is 0. The van der Waals surface area contributed by atoms with Crippen LogP contribution in [0.5, 0.6) is 0 Å². The van der Waals surface area contributed by atoms with Crippen molar-refractivity contribution in [3.8, 4) is 0 Å². The van der Waals surface area contributed by atoms with Crippen molar-refractivity contribution in [3.05, 3.63) is 6.92 Å². The topological polar surface area (TPSA) is 37.3 Å². The Hall–Kier alpha value is -0.370. The minimum atomic E-state index is -1.16. The maximum absolute atomic E-state index is 12.1. The van der Waals surface area contributed by atoms with E-state index in [-0.39, 0.29) is 5.78 Å². The van der Waals surface area contributed by atoms with Gasteiger partial charge in [0.1, 0.15) is 5.60 Å². The molecule has 0 aromatic rings. The van der Waals surface area contributed by atoms with E-state index in [9.17, 15) is 9.90 Å². The lowest BCUT2D eigenvalue weighted by atomic mass is 9.87. The fourth-order valence-corrected chi connectivity index (χ4v) is 3.00. The van der Waals surface area contributed by atoms with E-state index < -0.39 is 5.60 Å². The molecule has 1 N–H and O–H groups in total. The highest BCUT2D eigenvalue weighted by atomic mass is 16.3. The summed E-state index contributed by atoms with van der Waals surface area (Å²) >= 11 is 0. The highest BCUT2D eigenvalue weighted by Gasteiger charge is 2.31. The smallest absolute Gasteiger partial charge is 0.164 e. The molecule has 0 aromatic carbocycles. The molecular weight excluding hydrogens is 272 g/mol. The second-order valence-corrected chi connectivity index (χ2v) is 6.74. The molecule has 0 saturated carbocycles. The molecule has 0 heterocycles. The normalized spacial score (nSPS) is 14.0. The number of aliphatic hydroxyl groups is 1. The Morgan fingerprint density at radius 3 is 1.68 bits per heavy atom. The summed E-state index contributed by atoms with van der Waals surface area (Å²) in [5.74, 6) is 0.000254.